The van der Waals surface area contributed by atoms with Gasteiger partial charge in [-0.25, -0.2) is 9.18 Å². The zero-order valence-electron chi connectivity index (χ0n) is 11.9. The Morgan fingerprint density at radius 2 is 2.15 bits per heavy atom. The van der Waals surface area contributed by atoms with Gasteiger partial charge in [-0.1, -0.05) is 6.07 Å². The SMILES string of the molecule is CC(C)(C)OC(=O)Nc1ccc(C(O)CCN)c(F)c1. The third kappa shape index (κ3) is 5.14. The van der Waals surface area contributed by atoms with Crippen molar-refractivity contribution in [2.24, 2.45) is 5.73 Å². The molecule has 1 aromatic rings. The van der Waals surface area contributed by atoms with Crippen LogP contribution in [0, 0.1) is 5.82 Å². The molecule has 1 atom stereocenters. The van der Waals surface area contributed by atoms with Crippen molar-refractivity contribution in [2.45, 2.75) is 38.9 Å². The maximum Gasteiger partial charge on any atom is 0.412 e. The summed E-state index contributed by atoms with van der Waals surface area (Å²) in [7, 11) is 0. The van der Waals surface area contributed by atoms with Crippen LogP contribution in [0.25, 0.3) is 0 Å². The highest BCUT2D eigenvalue weighted by molar-refractivity contribution is 5.84. The molecule has 1 aromatic carbocycles. The van der Waals surface area contributed by atoms with Gasteiger partial charge in [-0.3, -0.25) is 5.32 Å². The molecule has 0 radical (unpaired) electrons. The van der Waals surface area contributed by atoms with Crippen molar-refractivity contribution in [3.8, 4) is 0 Å². The number of carbonyl (C=O) groups excluding carboxylic acids is 1. The molecule has 6 heteroatoms. The smallest absolute Gasteiger partial charge is 0.412 e. The van der Waals surface area contributed by atoms with Crippen LogP contribution in [0.15, 0.2) is 18.2 Å². The summed E-state index contributed by atoms with van der Waals surface area (Å²) >= 11 is 0. The van der Waals surface area contributed by atoms with E-state index in [4.69, 9.17) is 10.5 Å². The molecule has 0 bridgehead atoms. The average molecular weight is 284 g/mol. The van der Waals surface area contributed by atoms with Gasteiger partial charge in [0.1, 0.15) is 11.4 Å². The lowest BCUT2D eigenvalue weighted by Gasteiger charge is -2.20. The van der Waals surface area contributed by atoms with Crippen LogP contribution in [-0.2, 0) is 4.74 Å². The first-order valence-corrected chi connectivity index (χ1v) is 6.40. The lowest BCUT2D eigenvalue weighted by atomic mass is 10.1. The van der Waals surface area contributed by atoms with E-state index in [-0.39, 0.29) is 24.2 Å². The summed E-state index contributed by atoms with van der Waals surface area (Å²) in [5.74, 6) is -0.598. The lowest BCUT2D eigenvalue weighted by molar-refractivity contribution is 0.0636. The zero-order chi connectivity index (χ0) is 15.3. The minimum atomic E-state index is -0.949. The van der Waals surface area contributed by atoms with E-state index in [1.54, 1.807) is 20.8 Å². The zero-order valence-corrected chi connectivity index (χ0v) is 11.9. The number of halogens is 1. The molecule has 0 aliphatic heterocycles. The van der Waals surface area contributed by atoms with Crippen LogP contribution in [0.5, 0.6) is 0 Å². The molecule has 0 aromatic heterocycles. The number of hydrogen-bond acceptors (Lipinski definition) is 4. The number of benzene rings is 1. The Bertz CT molecular complexity index is 472. The molecule has 0 spiro atoms. The number of anilines is 1. The molecule has 0 aliphatic carbocycles. The maximum absolute atomic E-state index is 13.8. The van der Waals surface area contributed by atoms with Crippen LogP contribution in [0.1, 0.15) is 38.9 Å². The first-order chi connectivity index (χ1) is 9.23. The van der Waals surface area contributed by atoms with Crippen molar-refractivity contribution < 1.29 is 19.0 Å². The molecule has 1 unspecified atom stereocenters. The molecule has 112 valence electrons. The summed E-state index contributed by atoms with van der Waals surface area (Å²) in [5, 5.41) is 12.1. The number of nitrogens with two attached hydrogens (primary N) is 1. The number of aliphatic hydroxyl groups is 1. The number of carbonyl (C=O) groups is 1. The van der Waals surface area contributed by atoms with Crippen LogP contribution >= 0.6 is 0 Å². The fraction of sp³-hybridized carbons (Fsp3) is 0.500. The van der Waals surface area contributed by atoms with Gasteiger partial charge in [-0.15, -0.1) is 0 Å². The Morgan fingerprint density at radius 3 is 2.65 bits per heavy atom. The third-order valence-electron chi connectivity index (χ3n) is 2.44. The van der Waals surface area contributed by atoms with Gasteiger partial charge in [0.05, 0.1) is 6.10 Å². The van der Waals surface area contributed by atoms with Gasteiger partial charge in [0, 0.05) is 11.3 Å². The van der Waals surface area contributed by atoms with E-state index in [0.29, 0.717) is 0 Å². The normalized spacial score (nSPS) is 12.9. The van der Waals surface area contributed by atoms with E-state index in [0.717, 1.165) is 6.07 Å². The van der Waals surface area contributed by atoms with E-state index < -0.39 is 23.6 Å². The highest BCUT2D eigenvalue weighted by Gasteiger charge is 2.17. The minimum absolute atomic E-state index is 0.158. The van der Waals surface area contributed by atoms with Crippen LogP contribution in [0.3, 0.4) is 0 Å². The topological polar surface area (TPSA) is 84.6 Å². The molecule has 0 heterocycles. The fourth-order valence-electron chi connectivity index (χ4n) is 1.61. The van der Waals surface area contributed by atoms with Crippen molar-refractivity contribution in [3.05, 3.63) is 29.6 Å². The van der Waals surface area contributed by atoms with Crippen LogP contribution in [0.4, 0.5) is 14.9 Å². The molecule has 1 amide bonds. The molecular formula is C14H21FN2O3. The lowest BCUT2D eigenvalue weighted by Crippen LogP contribution is -2.27. The molecule has 4 N–H and O–H groups in total. The molecular weight excluding hydrogens is 263 g/mol. The van der Waals surface area contributed by atoms with Crippen LogP contribution in [0.2, 0.25) is 0 Å². The first kappa shape index (κ1) is 16.4. The number of ether oxygens (including phenoxy) is 1. The van der Waals surface area contributed by atoms with Gasteiger partial charge >= 0.3 is 6.09 Å². The van der Waals surface area contributed by atoms with Crippen molar-refractivity contribution >= 4 is 11.8 Å². The van der Waals surface area contributed by atoms with Crippen molar-refractivity contribution in [3.63, 3.8) is 0 Å². The summed E-state index contributed by atoms with van der Waals surface area (Å²) in [6.07, 6.45) is -1.34. The average Bonchev–Trinajstić information content (AvgIpc) is 2.26. The highest BCUT2D eigenvalue weighted by atomic mass is 19.1. The summed E-state index contributed by atoms with van der Waals surface area (Å²) in [4.78, 5) is 11.5. The number of aliphatic hydroxyl groups excluding tert-OH is 1. The first-order valence-electron chi connectivity index (χ1n) is 6.40. The summed E-state index contributed by atoms with van der Waals surface area (Å²) in [6, 6.07) is 4.06. The molecule has 1 rings (SSSR count). The molecule has 20 heavy (non-hydrogen) atoms. The molecule has 0 aliphatic rings. The molecule has 0 saturated carbocycles. The summed E-state index contributed by atoms with van der Waals surface area (Å²) < 4.78 is 18.9. The maximum atomic E-state index is 13.8. The Morgan fingerprint density at radius 1 is 1.50 bits per heavy atom. The Balaban J connectivity index is 2.75. The number of nitrogens with one attached hydrogen (secondary N) is 1. The largest absolute Gasteiger partial charge is 0.444 e. The molecule has 0 fully saturated rings. The number of amides is 1. The second-order valence-corrected chi connectivity index (χ2v) is 5.46. The third-order valence-corrected chi connectivity index (χ3v) is 2.44. The van der Waals surface area contributed by atoms with E-state index in [1.807, 2.05) is 0 Å². The Hall–Kier alpha value is -1.66. The Labute approximate surface area is 117 Å². The summed E-state index contributed by atoms with van der Waals surface area (Å²) in [5.41, 5.74) is 5.11. The van der Waals surface area contributed by atoms with Gasteiger partial charge in [0.25, 0.3) is 0 Å². The van der Waals surface area contributed by atoms with Crippen LogP contribution in [-0.4, -0.2) is 23.3 Å². The van der Waals surface area contributed by atoms with Gasteiger partial charge < -0.3 is 15.6 Å². The monoisotopic (exact) mass is 284 g/mol. The number of hydrogen-bond donors (Lipinski definition) is 3. The second-order valence-electron chi connectivity index (χ2n) is 5.46. The van der Waals surface area contributed by atoms with E-state index >= 15 is 0 Å². The van der Waals surface area contributed by atoms with Gasteiger partial charge in [-0.05, 0) is 45.9 Å². The van der Waals surface area contributed by atoms with Gasteiger partial charge in [-0.2, -0.15) is 0 Å². The second kappa shape index (κ2) is 6.67. The van der Waals surface area contributed by atoms with Crippen molar-refractivity contribution in [1.82, 2.24) is 0 Å². The fourth-order valence-corrected chi connectivity index (χ4v) is 1.61. The number of rotatable bonds is 4. The predicted octanol–water partition coefficient (Wildman–Crippen LogP) is 2.55. The predicted molar refractivity (Wildman–Crippen MR) is 74.9 cm³/mol. The van der Waals surface area contributed by atoms with Crippen molar-refractivity contribution in [1.29, 1.82) is 0 Å². The van der Waals surface area contributed by atoms with Gasteiger partial charge in [0.2, 0.25) is 0 Å². The quantitative estimate of drug-likeness (QED) is 0.793. The molecule has 5 nitrogen and oxygen atoms in total. The van der Waals surface area contributed by atoms with Gasteiger partial charge in [0.15, 0.2) is 0 Å². The standard InChI is InChI=1S/C14H21FN2O3/c1-14(2,3)20-13(19)17-9-4-5-10(11(15)8-9)12(18)6-7-16/h4-5,8,12,18H,6-7,16H2,1-3H3,(H,17,19). The van der Waals surface area contributed by atoms with E-state index in [2.05, 4.69) is 5.32 Å². The molecule has 0 saturated heterocycles. The van der Waals surface area contributed by atoms with E-state index in [9.17, 15) is 14.3 Å². The van der Waals surface area contributed by atoms with Crippen LogP contribution < -0.4 is 11.1 Å². The Kier molecular flexibility index (Phi) is 5.47. The minimum Gasteiger partial charge on any atom is -0.444 e. The summed E-state index contributed by atoms with van der Waals surface area (Å²) in [6.45, 7) is 5.47. The van der Waals surface area contributed by atoms with E-state index in [1.165, 1.54) is 12.1 Å². The van der Waals surface area contributed by atoms with Crippen molar-refractivity contribution in [2.75, 3.05) is 11.9 Å². The highest BCUT2D eigenvalue weighted by Crippen LogP contribution is 2.23.